The summed E-state index contributed by atoms with van der Waals surface area (Å²) >= 11 is 0. The molecule has 2 rings (SSSR count). The van der Waals surface area contributed by atoms with Gasteiger partial charge in [-0.15, -0.1) is 0 Å². The number of rotatable bonds is 5. The van der Waals surface area contributed by atoms with E-state index < -0.39 is 0 Å². The van der Waals surface area contributed by atoms with Crippen molar-refractivity contribution in [3.8, 4) is 0 Å². The molecule has 19 heavy (non-hydrogen) atoms. The van der Waals surface area contributed by atoms with E-state index >= 15 is 0 Å². The SMILES string of the molecule is CCCNC(C)c1c(F)cccc1N1CCCCC1. The summed E-state index contributed by atoms with van der Waals surface area (Å²) in [7, 11) is 0. The molecule has 2 nitrogen and oxygen atoms in total. The van der Waals surface area contributed by atoms with E-state index in [0.29, 0.717) is 0 Å². The molecule has 0 bridgehead atoms. The molecular formula is C16H25FN2. The lowest BCUT2D eigenvalue weighted by Gasteiger charge is -2.32. The zero-order valence-electron chi connectivity index (χ0n) is 12.1. The summed E-state index contributed by atoms with van der Waals surface area (Å²) in [6, 6.07) is 5.54. The lowest BCUT2D eigenvalue weighted by atomic mass is 10.0. The normalized spacial score (nSPS) is 17.5. The fourth-order valence-corrected chi connectivity index (χ4v) is 2.83. The molecule has 1 unspecified atom stereocenters. The fourth-order valence-electron chi connectivity index (χ4n) is 2.83. The first-order valence-corrected chi connectivity index (χ1v) is 7.50. The van der Waals surface area contributed by atoms with Crippen molar-refractivity contribution in [3.05, 3.63) is 29.6 Å². The molecule has 0 aromatic heterocycles. The highest BCUT2D eigenvalue weighted by molar-refractivity contribution is 5.55. The van der Waals surface area contributed by atoms with Crippen LogP contribution in [0.3, 0.4) is 0 Å². The number of benzene rings is 1. The Morgan fingerprint density at radius 3 is 2.68 bits per heavy atom. The van der Waals surface area contributed by atoms with Gasteiger partial charge in [-0.25, -0.2) is 4.39 Å². The van der Waals surface area contributed by atoms with Crippen LogP contribution in [0.4, 0.5) is 10.1 Å². The number of hydrogen-bond acceptors (Lipinski definition) is 2. The van der Waals surface area contributed by atoms with E-state index in [0.717, 1.165) is 37.3 Å². The Morgan fingerprint density at radius 2 is 2.00 bits per heavy atom. The van der Waals surface area contributed by atoms with Crippen molar-refractivity contribution in [1.82, 2.24) is 5.32 Å². The second-order valence-corrected chi connectivity index (χ2v) is 5.40. The number of nitrogens with zero attached hydrogens (tertiary/aromatic N) is 1. The van der Waals surface area contributed by atoms with Gasteiger partial charge in [-0.3, -0.25) is 0 Å². The average Bonchev–Trinajstić information content (AvgIpc) is 2.45. The van der Waals surface area contributed by atoms with Gasteiger partial charge < -0.3 is 10.2 Å². The molecule has 1 N–H and O–H groups in total. The summed E-state index contributed by atoms with van der Waals surface area (Å²) in [5, 5.41) is 3.40. The zero-order chi connectivity index (χ0) is 13.7. The molecular weight excluding hydrogens is 239 g/mol. The Morgan fingerprint density at radius 1 is 1.26 bits per heavy atom. The third kappa shape index (κ3) is 3.47. The average molecular weight is 264 g/mol. The van der Waals surface area contributed by atoms with Gasteiger partial charge in [0.25, 0.3) is 0 Å². The van der Waals surface area contributed by atoms with Gasteiger partial charge in [-0.2, -0.15) is 0 Å². The summed E-state index contributed by atoms with van der Waals surface area (Å²) in [6.07, 6.45) is 4.79. The Labute approximate surface area is 116 Å². The summed E-state index contributed by atoms with van der Waals surface area (Å²) in [6.45, 7) is 7.22. The van der Waals surface area contributed by atoms with E-state index in [1.807, 2.05) is 6.07 Å². The van der Waals surface area contributed by atoms with Crippen LogP contribution >= 0.6 is 0 Å². The number of halogens is 1. The zero-order valence-corrected chi connectivity index (χ0v) is 12.1. The molecule has 0 aliphatic carbocycles. The maximum absolute atomic E-state index is 14.2. The van der Waals surface area contributed by atoms with E-state index in [-0.39, 0.29) is 11.9 Å². The molecule has 1 aromatic rings. The summed E-state index contributed by atoms with van der Waals surface area (Å²) < 4.78 is 14.2. The molecule has 1 aliphatic heterocycles. The van der Waals surface area contributed by atoms with E-state index in [9.17, 15) is 4.39 Å². The van der Waals surface area contributed by atoms with Gasteiger partial charge >= 0.3 is 0 Å². The molecule has 1 saturated heterocycles. The summed E-state index contributed by atoms with van der Waals surface area (Å²) in [5.41, 5.74) is 1.91. The predicted octanol–water partition coefficient (Wildman–Crippen LogP) is 3.88. The lowest BCUT2D eigenvalue weighted by Crippen LogP contribution is -2.32. The number of nitrogens with one attached hydrogen (secondary N) is 1. The molecule has 0 spiro atoms. The molecule has 0 amide bonds. The Kier molecular flexibility index (Phi) is 5.20. The second-order valence-electron chi connectivity index (χ2n) is 5.40. The number of anilines is 1. The Bertz CT molecular complexity index is 400. The van der Waals surface area contributed by atoms with Crippen LogP contribution in [-0.2, 0) is 0 Å². The summed E-state index contributed by atoms with van der Waals surface area (Å²) in [4.78, 5) is 2.34. The highest BCUT2D eigenvalue weighted by Crippen LogP contribution is 2.30. The lowest BCUT2D eigenvalue weighted by molar-refractivity contribution is 0.519. The minimum absolute atomic E-state index is 0.0677. The van der Waals surface area contributed by atoms with E-state index in [4.69, 9.17) is 0 Å². The van der Waals surface area contributed by atoms with Gasteiger partial charge in [0.05, 0.1) is 0 Å². The van der Waals surface area contributed by atoms with E-state index in [1.54, 1.807) is 6.07 Å². The molecule has 1 aliphatic rings. The van der Waals surface area contributed by atoms with Crippen molar-refractivity contribution < 1.29 is 4.39 Å². The first-order chi connectivity index (χ1) is 9.24. The van der Waals surface area contributed by atoms with Crippen molar-refractivity contribution in [2.45, 2.75) is 45.6 Å². The largest absolute Gasteiger partial charge is 0.371 e. The quantitative estimate of drug-likeness (QED) is 0.868. The first kappa shape index (κ1) is 14.3. The van der Waals surface area contributed by atoms with Gasteiger partial charge in [0.15, 0.2) is 0 Å². The van der Waals surface area contributed by atoms with Crippen molar-refractivity contribution in [2.75, 3.05) is 24.5 Å². The van der Waals surface area contributed by atoms with Gasteiger partial charge in [0, 0.05) is 30.4 Å². The standard InChI is InChI=1S/C16H25FN2/c1-3-10-18-13(2)16-14(17)8-7-9-15(16)19-11-5-4-6-12-19/h7-9,13,18H,3-6,10-12H2,1-2H3. The minimum atomic E-state index is -0.0841. The van der Waals surface area contributed by atoms with Gasteiger partial charge in [-0.1, -0.05) is 13.0 Å². The molecule has 106 valence electrons. The van der Waals surface area contributed by atoms with Gasteiger partial charge in [0.1, 0.15) is 5.82 Å². The number of piperidine rings is 1. The minimum Gasteiger partial charge on any atom is -0.371 e. The van der Waals surface area contributed by atoms with Crippen molar-refractivity contribution >= 4 is 5.69 Å². The molecule has 0 saturated carbocycles. The van der Waals surface area contributed by atoms with Crippen molar-refractivity contribution in [2.24, 2.45) is 0 Å². The molecule has 1 heterocycles. The van der Waals surface area contributed by atoms with Crippen LogP contribution < -0.4 is 10.2 Å². The topological polar surface area (TPSA) is 15.3 Å². The molecule has 1 aromatic carbocycles. The fraction of sp³-hybridized carbons (Fsp3) is 0.625. The highest BCUT2D eigenvalue weighted by atomic mass is 19.1. The van der Waals surface area contributed by atoms with Gasteiger partial charge in [0.2, 0.25) is 0 Å². The van der Waals surface area contributed by atoms with E-state index in [2.05, 4.69) is 30.1 Å². The maximum Gasteiger partial charge on any atom is 0.130 e. The predicted molar refractivity (Wildman–Crippen MR) is 79.2 cm³/mol. The molecule has 1 atom stereocenters. The maximum atomic E-state index is 14.2. The second kappa shape index (κ2) is 6.90. The van der Waals surface area contributed by atoms with Gasteiger partial charge in [-0.05, 0) is 51.3 Å². The molecule has 0 radical (unpaired) electrons. The monoisotopic (exact) mass is 264 g/mol. The number of hydrogen-bond donors (Lipinski definition) is 1. The van der Waals surface area contributed by atoms with Crippen LogP contribution in [0.1, 0.15) is 51.1 Å². The third-order valence-corrected chi connectivity index (χ3v) is 3.86. The van der Waals surface area contributed by atoms with Crippen LogP contribution in [-0.4, -0.2) is 19.6 Å². The van der Waals surface area contributed by atoms with Crippen LogP contribution in [0.25, 0.3) is 0 Å². The third-order valence-electron chi connectivity index (χ3n) is 3.86. The van der Waals surface area contributed by atoms with Crippen LogP contribution in [0, 0.1) is 5.82 Å². The van der Waals surface area contributed by atoms with Crippen LogP contribution in [0.15, 0.2) is 18.2 Å². The Hall–Kier alpha value is -1.09. The Balaban J connectivity index is 2.24. The molecule has 1 fully saturated rings. The van der Waals surface area contributed by atoms with Crippen LogP contribution in [0.5, 0.6) is 0 Å². The first-order valence-electron chi connectivity index (χ1n) is 7.50. The summed E-state index contributed by atoms with van der Waals surface area (Å²) in [5.74, 6) is -0.0841. The van der Waals surface area contributed by atoms with Crippen molar-refractivity contribution in [1.29, 1.82) is 0 Å². The smallest absolute Gasteiger partial charge is 0.130 e. The van der Waals surface area contributed by atoms with E-state index in [1.165, 1.54) is 19.3 Å². The van der Waals surface area contributed by atoms with Crippen LogP contribution in [0.2, 0.25) is 0 Å². The highest BCUT2D eigenvalue weighted by Gasteiger charge is 2.20. The van der Waals surface area contributed by atoms with Crippen molar-refractivity contribution in [3.63, 3.8) is 0 Å². The molecule has 3 heteroatoms.